The van der Waals surface area contributed by atoms with E-state index >= 15 is 0 Å². The third kappa shape index (κ3) is 75.4. The molecule has 2 unspecified atom stereocenters. The van der Waals surface area contributed by atoms with Crippen LogP contribution in [0.5, 0.6) is 0 Å². The van der Waals surface area contributed by atoms with Gasteiger partial charge in [-0.05, 0) is 161 Å². The predicted molar refractivity (Wildman–Crippen MR) is 427 cm³/mol. The number of unbranched alkanes of at least 4 members (excludes halogenated alkanes) is 27. The lowest BCUT2D eigenvalue weighted by Crippen LogP contribution is -2.30. The predicted octanol–water partition coefficient (Wildman–Crippen LogP) is 23.7. The monoisotopic (exact) mass is 1500 g/mol. The van der Waals surface area contributed by atoms with Crippen LogP contribution in [0.3, 0.4) is 0 Å². The number of allylic oxidation sites excluding steroid dienone is 22. The number of phosphoric acid groups is 2. The molecule has 0 aromatic heterocycles. The summed E-state index contributed by atoms with van der Waals surface area (Å²) in [5, 5.41) is 10.6. The molecular formula is C85H144O17P2. The van der Waals surface area contributed by atoms with Crippen LogP contribution in [0, 0.1) is 0 Å². The van der Waals surface area contributed by atoms with E-state index in [9.17, 15) is 43.2 Å². The highest BCUT2D eigenvalue weighted by atomic mass is 31.2. The van der Waals surface area contributed by atoms with Crippen molar-refractivity contribution < 1.29 is 80.2 Å². The third-order valence-corrected chi connectivity index (χ3v) is 18.5. The van der Waals surface area contributed by atoms with Crippen molar-refractivity contribution in [3.63, 3.8) is 0 Å². The second-order valence-electron chi connectivity index (χ2n) is 26.6. The maximum absolute atomic E-state index is 13.1. The summed E-state index contributed by atoms with van der Waals surface area (Å²) >= 11 is 0. The lowest BCUT2D eigenvalue weighted by molar-refractivity contribution is -0.161. The van der Waals surface area contributed by atoms with Gasteiger partial charge in [0.2, 0.25) is 0 Å². The standard InChI is InChI=1S/C85H144O17P2/c1-5-9-13-17-21-25-29-33-37-39-43-47-51-55-59-63-67-71-84(89)101-80(75-95-82(87)69-65-61-57-53-49-45-41-35-31-27-23-19-15-11-7-3)77-99-103(91,92)97-73-79(86)74-98-104(93,94)100-78-81(76-96-83(88)70-66-62-58-54-50-46-42-36-32-28-24-20-16-12-8-4)102-85(90)72-68-64-60-56-52-48-44-40-38-34-30-26-22-18-14-10-6-2/h21-23,25-27,33-38,41-44,47-48,55-56,59-60,79-81,86H,5-20,24,28-32,39-40,45-46,49-54,57-58,61-78H2,1-4H3,(H,91,92)(H,93,94)/b25-21-,26-22-,27-23-,37-33-,38-34-,41-35-,42-36-,47-43-,48-44-,59-55-,60-56-/t79-,80-,81-/m1/s1. The molecule has 596 valence electrons. The average molecular weight is 1500 g/mol. The molecule has 3 N–H and O–H groups in total. The molecule has 5 atom stereocenters. The Balaban J connectivity index is 5.49. The molecule has 17 nitrogen and oxygen atoms in total. The normalized spacial score (nSPS) is 14.6. The molecule has 0 bridgehead atoms. The van der Waals surface area contributed by atoms with Gasteiger partial charge in [0, 0.05) is 25.7 Å². The van der Waals surface area contributed by atoms with E-state index in [4.69, 9.17) is 37.0 Å². The fourth-order valence-corrected chi connectivity index (χ4v) is 11.9. The molecule has 0 aliphatic carbocycles. The van der Waals surface area contributed by atoms with Gasteiger partial charge in [0.15, 0.2) is 12.2 Å². The van der Waals surface area contributed by atoms with Gasteiger partial charge in [-0.15, -0.1) is 0 Å². The van der Waals surface area contributed by atoms with Crippen molar-refractivity contribution in [1.29, 1.82) is 0 Å². The number of aliphatic hydroxyl groups is 1. The molecule has 0 aliphatic rings. The van der Waals surface area contributed by atoms with E-state index in [0.717, 1.165) is 135 Å². The number of rotatable bonds is 75. The third-order valence-electron chi connectivity index (χ3n) is 16.6. The number of ether oxygens (including phenoxy) is 4. The number of aliphatic hydroxyl groups excluding tert-OH is 1. The van der Waals surface area contributed by atoms with Crippen LogP contribution in [0.1, 0.15) is 323 Å². The average Bonchev–Trinajstić information content (AvgIpc) is 0.907. The zero-order valence-electron chi connectivity index (χ0n) is 65.2. The molecule has 0 aromatic carbocycles. The largest absolute Gasteiger partial charge is 0.472 e. The summed E-state index contributed by atoms with van der Waals surface area (Å²) in [4.78, 5) is 73.0. The van der Waals surface area contributed by atoms with E-state index in [1.54, 1.807) is 0 Å². The maximum Gasteiger partial charge on any atom is 0.472 e. The number of hydrogen-bond donors (Lipinski definition) is 3. The Kier molecular flexibility index (Phi) is 72.9. The molecule has 0 saturated heterocycles. The van der Waals surface area contributed by atoms with Crippen LogP contribution in [0.4, 0.5) is 0 Å². The summed E-state index contributed by atoms with van der Waals surface area (Å²) in [5.41, 5.74) is 0. The van der Waals surface area contributed by atoms with E-state index in [1.807, 2.05) is 24.3 Å². The van der Waals surface area contributed by atoms with Crippen LogP contribution < -0.4 is 0 Å². The van der Waals surface area contributed by atoms with Gasteiger partial charge in [0.1, 0.15) is 19.3 Å². The van der Waals surface area contributed by atoms with Gasteiger partial charge in [0.05, 0.1) is 26.4 Å². The Morgan fingerprint density at radius 1 is 0.269 bits per heavy atom. The minimum absolute atomic E-state index is 0.0116. The Hall–Kier alpha value is -4.80. The molecule has 0 aromatic rings. The van der Waals surface area contributed by atoms with Gasteiger partial charge in [0.25, 0.3) is 0 Å². The fourth-order valence-electron chi connectivity index (χ4n) is 10.3. The lowest BCUT2D eigenvalue weighted by Gasteiger charge is -2.21. The summed E-state index contributed by atoms with van der Waals surface area (Å²) in [6.45, 7) is 4.65. The smallest absolute Gasteiger partial charge is 0.462 e. The van der Waals surface area contributed by atoms with Gasteiger partial charge in [-0.3, -0.25) is 37.3 Å². The van der Waals surface area contributed by atoms with Crippen LogP contribution in [0.15, 0.2) is 134 Å². The first-order valence-corrected chi connectivity index (χ1v) is 43.4. The van der Waals surface area contributed by atoms with Crippen LogP contribution in [0.25, 0.3) is 0 Å². The molecule has 104 heavy (non-hydrogen) atoms. The molecule has 0 saturated carbocycles. The number of phosphoric ester groups is 2. The van der Waals surface area contributed by atoms with E-state index in [2.05, 4.69) is 137 Å². The van der Waals surface area contributed by atoms with Crippen LogP contribution in [-0.4, -0.2) is 96.7 Å². The van der Waals surface area contributed by atoms with Crippen molar-refractivity contribution in [1.82, 2.24) is 0 Å². The molecule has 0 radical (unpaired) electrons. The van der Waals surface area contributed by atoms with Crippen LogP contribution in [0.2, 0.25) is 0 Å². The summed E-state index contributed by atoms with van der Waals surface area (Å²) < 4.78 is 68.5. The Labute approximate surface area is 631 Å². The summed E-state index contributed by atoms with van der Waals surface area (Å²) in [6, 6.07) is 0. The highest BCUT2D eigenvalue weighted by molar-refractivity contribution is 7.47. The zero-order valence-corrected chi connectivity index (χ0v) is 66.9. The first-order valence-electron chi connectivity index (χ1n) is 40.4. The highest BCUT2D eigenvalue weighted by Crippen LogP contribution is 2.45. The van der Waals surface area contributed by atoms with Crippen molar-refractivity contribution in [2.24, 2.45) is 0 Å². The minimum atomic E-state index is -5.00. The number of hydrogen-bond acceptors (Lipinski definition) is 15. The second kappa shape index (κ2) is 76.4. The van der Waals surface area contributed by atoms with Gasteiger partial charge >= 0.3 is 39.5 Å². The van der Waals surface area contributed by atoms with Crippen molar-refractivity contribution in [2.45, 2.75) is 341 Å². The van der Waals surface area contributed by atoms with Gasteiger partial charge in [-0.2, -0.15) is 0 Å². The highest BCUT2D eigenvalue weighted by Gasteiger charge is 2.30. The molecule has 0 heterocycles. The first kappa shape index (κ1) is 99.2. The number of carbonyl (C=O) groups excluding carboxylic acids is 4. The summed E-state index contributed by atoms with van der Waals surface area (Å²) in [7, 11) is -10.0. The van der Waals surface area contributed by atoms with Gasteiger partial charge in [-0.25, -0.2) is 9.13 Å². The number of esters is 4. The molecule has 0 spiro atoms. The van der Waals surface area contributed by atoms with Crippen molar-refractivity contribution in [3.05, 3.63) is 134 Å². The second-order valence-corrected chi connectivity index (χ2v) is 29.5. The lowest BCUT2D eigenvalue weighted by atomic mass is 10.1. The molecule has 0 fully saturated rings. The summed E-state index contributed by atoms with van der Waals surface area (Å²) in [6.07, 6.45) is 85.8. The van der Waals surface area contributed by atoms with E-state index in [-0.39, 0.29) is 25.7 Å². The van der Waals surface area contributed by atoms with Gasteiger partial charge in [-0.1, -0.05) is 271 Å². The Bertz CT molecular complexity index is 2490. The SMILES string of the molecule is CCCCC/C=C\C/C=C\C/C=C\C/C=C\CCCC(=O)O[C@H](COC(=O)CCCCCCC/C=C\C/C=C\CCCCC)COP(=O)(O)OC[C@@H](O)COP(=O)(O)OC[C@@H](COC(=O)CCCCCCC/C=C\CCCCCCCC)OC(=O)CCC/C=C\C/C=C\C/C=C\C/C=C\CCCCC. The first-order chi connectivity index (χ1) is 50.7. The molecule has 0 amide bonds. The molecule has 0 rings (SSSR count). The zero-order chi connectivity index (χ0) is 76.0. The molecular weight excluding hydrogens is 1350 g/mol. The topological polar surface area (TPSA) is 237 Å². The van der Waals surface area contributed by atoms with Crippen molar-refractivity contribution in [3.8, 4) is 0 Å². The van der Waals surface area contributed by atoms with Crippen LogP contribution >= 0.6 is 15.6 Å². The summed E-state index contributed by atoms with van der Waals surface area (Å²) in [5.74, 6) is -2.33. The molecule has 19 heteroatoms. The maximum atomic E-state index is 13.1. The van der Waals surface area contributed by atoms with Crippen LogP contribution in [-0.2, 0) is 65.4 Å². The van der Waals surface area contributed by atoms with Crippen molar-refractivity contribution in [2.75, 3.05) is 39.6 Å². The fraction of sp³-hybridized carbons (Fsp3) is 0.694. The van der Waals surface area contributed by atoms with E-state index < -0.39 is 97.5 Å². The van der Waals surface area contributed by atoms with Crippen molar-refractivity contribution >= 4 is 39.5 Å². The van der Waals surface area contributed by atoms with E-state index in [1.165, 1.54) is 96.3 Å². The molecule has 0 aliphatic heterocycles. The van der Waals surface area contributed by atoms with E-state index in [0.29, 0.717) is 38.5 Å². The Morgan fingerprint density at radius 2 is 0.481 bits per heavy atom. The number of carbonyl (C=O) groups is 4. The Morgan fingerprint density at radius 3 is 0.779 bits per heavy atom. The quantitative estimate of drug-likeness (QED) is 0.0169. The van der Waals surface area contributed by atoms with Gasteiger partial charge < -0.3 is 33.8 Å². The minimum Gasteiger partial charge on any atom is -0.462 e.